The second-order valence-electron chi connectivity index (χ2n) is 13.7. The molecule has 2 aliphatic heterocycles. The number of nitrogens with zero attached hydrogens (tertiary/aromatic N) is 2. The van der Waals surface area contributed by atoms with Crippen LogP contribution in [0, 0.1) is 18.8 Å². The molecule has 46 heavy (non-hydrogen) atoms. The van der Waals surface area contributed by atoms with Crippen LogP contribution < -0.4 is 20.9 Å². The molecule has 0 aromatic heterocycles. The van der Waals surface area contributed by atoms with Gasteiger partial charge in [0.25, 0.3) is 5.91 Å². The van der Waals surface area contributed by atoms with Crippen molar-refractivity contribution in [3.63, 3.8) is 0 Å². The van der Waals surface area contributed by atoms with Crippen molar-refractivity contribution in [2.75, 3.05) is 44.3 Å². The molecule has 3 amide bonds. The molecule has 3 atom stereocenters. The second kappa shape index (κ2) is 15.4. The Morgan fingerprint density at radius 3 is 2.35 bits per heavy atom. The molecule has 2 heterocycles. The molecule has 2 saturated heterocycles. The molecule has 1 saturated carbocycles. The second-order valence-corrected chi connectivity index (χ2v) is 13.7. The highest BCUT2D eigenvalue weighted by molar-refractivity contribution is 5.99. The summed E-state index contributed by atoms with van der Waals surface area (Å²) in [5.41, 5.74) is 6.00. The first-order valence-corrected chi connectivity index (χ1v) is 17.3. The summed E-state index contributed by atoms with van der Waals surface area (Å²) in [6, 6.07) is 13.7. The number of carbonyl (C=O) groups is 3. The lowest BCUT2D eigenvalue weighted by molar-refractivity contribution is -0.129. The standard InChI is InChI=1S/C37H53N5O4/c1-6-42(32-13-11-31(12-14-32)40-27(5)43)35-21-30(29-9-7-28(8-10-29)23-41-15-17-46-18-16-41)20-33(26(35)4)36(44)38-22-34-24(2)19-25(3)39-37(34)45/h7-10,20-21,24-25,31-32,34H,6,11-19,22-23H2,1-5H3,(H,38,44)(H,39,45)(H,40,43). The van der Waals surface area contributed by atoms with Crippen LogP contribution >= 0.6 is 0 Å². The number of nitrogens with one attached hydrogen (secondary N) is 3. The van der Waals surface area contributed by atoms with Gasteiger partial charge in [-0.2, -0.15) is 0 Å². The van der Waals surface area contributed by atoms with E-state index in [2.05, 4.69) is 69.9 Å². The minimum absolute atomic E-state index is 0.0157. The van der Waals surface area contributed by atoms with Gasteiger partial charge in [0, 0.05) is 69.0 Å². The highest BCUT2D eigenvalue weighted by Gasteiger charge is 2.33. The molecule has 9 nitrogen and oxygen atoms in total. The number of rotatable bonds is 10. The average molecular weight is 632 g/mol. The van der Waals surface area contributed by atoms with E-state index < -0.39 is 0 Å². The highest BCUT2D eigenvalue weighted by atomic mass is 16.5. The van der Waals surface area contributed by atoms with Crippen LogP contribution in [0.25, 0.3) is 11.1 Å². The van der Waals surface area contributed by atoms with E-state index in [1.807, 2.05) is 19.9 Å². The smallest absolute Gasteiger partial charge is 0.251 e. The van der Waals surface area contributed by atoms with Crippen molar-refractivity contribution in [3.05, 3.63) is 53.1 Å². The summed E-state index contributed by atoms with van der Waals surface area (Å²) in [5, 5.41) is 9.28. The number of amides is 3. The van der Waals surface area contributed by atoms with E-state index in [-0.39, 0.29) is 41.6 Å². The van der Waals surface area contributed by atoms with Crippen LogP contribution in [0.5, 0.6) is 0 Å². The maximum Gasteiger partial charge on any atom is 0.251 e. The molecule has 0 spiro atoms. The summed E-state index contributed by atoms with van der Waals surface area (Å²) in [7, 11) is 0. The first-order valence-electron chi connectivity index (χ1n) is 17.3. The molecule has 1 aliphatic carbocycles. The minimum Gasteiger partial charge on any atom is -0.379 e. The zero-order chi connectivity index (χ0) is 32.8. The number of piperidine rings is 1. The Bertz CT molecular complexity index is 1360. The number of anilines is 1. The number of morpholine rings is 1. The van der Waals surface area contributed by atoms with Gasteiger partial charge in [-0.25, -0.2) is 0 Å². The van der Waals surface area contributed by atoms with Crippen LogP contribution in [-0.4, -0.2) is 80.1 Å². The largest absolute Gasteiger partial charge is 0.379 e. The van der Waals surface area contributed by atoms with Gasteiger partial charge in [0.1, 0.15) is 0 Å². The van der Waals surface area contributed by atoms with E-state index in [1.165, 1.54) is 5.56 Å². The van der Waals surface area contributed by atoms with E-state index in [1.54, 1.807) is 6.92 Å². The molecule has 9 heteroatoms. The Hall–Kier alpha value is -3.43. The molecular weight excluding hydrogens is 578 g/mol. The molecule has 2 aromatic rings. The van der Waals surface area contributed by atoms with Gasteiger partial charge >= 0.3 is 0 Å². The Labute approximate surface area is 274 Å². The highest BCUT2D eigenvalue weighted by Crippen LogP contribution is 2.35. The van der Waals surface area contributed by atoms with Crippen molar-refractivity contribution in [2.45, 2.75) is 91.4 Å². The topological polar surface area (TPSA) is 103 Å². The zero-order valence-electron chi connectivity index (χ0n) is 28.4. The fourth-order valence-corrected chi connectivity index (χ4v) is 7.65. The first kappa shape index (κ1) is 33.9. The molecule has 3 fully saturated rings. The number of carbonyl (C=O) groups excluding carboxylic acids is 3. The molecule has 2 aromatic carbocycles. The zero-order valence-corrected chi connectivity index (χ0v) is 28.4. The third-order valence-electron chi connectivity index (χ3n) is 10.2. The SMILES string of the molecule is CCN(c1cc(-c2ccc(CN3CCOCC3)cc2)cc(C(=O)NCC2C(=O)NC(C)CC2C)c1C)C1CCC(NC(C)=O)CC1. The first-order chi connectivity index (χ1) is 22.1. The normalized spacial score (nSPS) is 25.4. The number of hydrogen-bond acceptors (Lipinski definition) is 6. The lowest BCUT2D eigenvalue weighted by Gasteiger charge is -2.39. The van der Waals surface area contributed by atoms with E-state index in [0.29, 0.717) is 18.2 Å². The summed E-state index contributed by atoms with van der Waals surface area (Å²) < 4.78 is 5.51. The van der Waals surface area contributed by atoms with E-state index >= 15 is 0 Å². The van der Waals surface area contributed by atoms with Gasteiger partial charge in [-0.1, -0.05) is 31.2 Å². The summed E-state index contributed by atoms with van der Waals surface area (Å²) in [6.07, 6.45) is 4.75. The van der Waals surface area contributed by atoms with Crippen molar-refractivity contribution >= 4 is 23.4 Å². The monoisotopic (exact) mass is 631 g/mol. The quantitative estimate of drug-likeness (QED) is 0.353. The van der Waals surface area contributed by atoms with Crippen molar-refractivity contribution < 1.29 is 19.1 Å². The third-order valence-corrected chi connectivity index (χ3v) is 10.2. The van der Waals surface area contributed by atoms with Crippen molar-refractivity contribution in [2.24, 2.45) is 11.8 Å². The number of ether oxygens (including phenoxy) is 1. The summed E-state index contributed by atoms with van der Waals surface area (Å²) >= 11 is 0. The maximum atomic E-state index is 13.9. The molecule has 0 radical (unpaired) electrons. The van der Waals surface area contributed by atoms with Gasteiger partial charge in [-0.05, 0) is 93.2 Å². The van der Waals surface area contributed by atoms with E-state index in [4.69, 9.17) is 4.74 Å². The summed E-state index contributed by atoms with van der Waals surface area (Å²) in [5.74, 6) is -0.143. The molecule has 3 unspecified atom stereocenters. The number of benzene rings is 2. The van der Waals surface area contributed by atoms with Crippen LogP contribution in [-0.2, 0) is 20.9 Å². The molecule has 3 N–H and O–H groups in total. The van der Waals surface area contributed by atoms with Crippen molar-refractivity contribution in [1.29, 1.82) is 0 Å². The Kier molecular flexibility index (Phi) is 11.4. The fraction of sp³-hybridized carbons (Fsp3) is 0.595. The van der Waals surface area contributed by atoms with Crippen LogP contribution in [0.4, 0.5) is 5.69 Å². The van der Waals surface area contributed by atoms with Crippen molar-refractivity contribution in [1.82, 2.24) is 20.9 Å². The molecule has 5 rings (SSSR count). The van der Waals surface area contributed by atoms with Gasteiger partial charge in [-0.15, -0.1) is 0 Å². The van der Waals surface area contributed by atoms with E-state index in [0.717, 1.165) is 93.9 Å². The van der Waals surface area contributed by atoms with Crippen molar-refractivity contribution in [3.8, 4) is 11.1 Å². The lowest BCUT2D eigenvalue weighted by atomic mass is 9.84. The van der Waals surface area contributed by atoms with Gasteiger partial charge in [0.2, 0.25) is 11.8 Å². The van der Waals surface area contributed by atoms with E-state index in [9.17, 15) is 14.4 Å². The maximum absolute atomic E-state index is 13.9. The van der Waals surface area contributed by atoms with Gasteiger partial charge in [-0.3, -0.25) is 19.3 Å². The van der Waals surface area contributed by atoms with Crippen LogP contribution in [0.2, 0.25) is 0 Å². The van der Waals surface area contributed by atoms with Crippen LogP contribution in [0.15, 0.2) is 36.4 Å². The molecule has 3 aliphatic rings. The van der Waals surface area contributed by atoms with Crippen LogP contribution in [0.3, 0.4) is 0 Å². The minimum atomic E-state index is -0.243. The molecule has 0 bridgehead atoms. The van der Waals surface area contributed by atoms with Gasteiger partial charge < -0.3 is 25.6 Å². The fourth-order valence-electron chi connectivity index (χ4n) is 7.65. The van der Waals surface area contributed by atoms with Gasteiger partial charge in [0.15, 0.2) is 0 Å². The Balaban J connectivity index is 1.41. The average Bonchev–Trinajstić information content (AvgIpc) is 3.03. The Morgan fingerprint density at radius 2 is 1.72 bits per heavy atom. The molecular formula is C37H53N5O4. The summed E-state index contributed by atoms with van der Waals surface area (Å²) in [6.45, 7) is 15.4. The Morgan fingerprint density at radius 1 is 1.02 bits per heavy atom. The van der Waals surface area contributed by atoms with Crippen LogP contribution in [0.1, 0.15) is 81.3 Å². The predicted octanol–water partition coefficient (Wildman–Crippen LogP) is 4.66. The van der Waals surface area contributed by atoms with Gasteiger partial charge in [0.05, 0.1) is 19.1 Å². The molecule has 250 valence electrons. The lowest BCUT2D eigenvalue weighted by Crippen LogP contribution is -2.50. The predicted molar refractivity (Wildman–Crippen MR) is 183 cm³/mol. The summed E-state index contributed by atoms with van der Waals surface area (Å²) in [4.78, 5) is 43.2. The number of hydrogen-bond donors (Lipinski definition) is 3. The third kappa shape index (κ3) is 8.28.